The van der Waals surface area contributed by atoms with E-state index < -0.39 is 10.0 Å². The highest BCUT2D eigenvalue weighted by molar-refractivity contribution is 7.92. The van der Waals surface area contributed by atoms with Crippen LogP contribution in [0.3, 0.4) is 0 Å². The average molecular weight is 370 g/mol. The molecule has 6 nitrogen and oxygen atoms in total. The SMILES string of the molecule is C=CC(=N)C1CCCCN1C(=O)c1cc(Cl)ccc1NS(C)(=O)=O. The first-order valence-corrected chi connectivity index (χ1v) is 9.79. The third-order valence-corrected chi connectivity index (χ3v) is 4.68. The van der Waals surface area contributed by atoms with Gasteiger partial charge in [0.1, 0.15) is 0 Å². The fourth-order valence-corrected chi connectivity index (χ4v) is 3.52. The first-order chi connectivity index (χ1) is 11.2. The molecule has 1 aromatic carbocycles. The Morgan fingerprint density at radius 2 is 2.17 bits per heavy atom. The van der Waals surface area contributed by atoms with Crippen molar-refractivity contribution < 1.29 is 13.2 Å². The molecule has 0 saturated carbocycles. The lowest BCUT2D eigenvalue weighted by Crippen LogP contribution is -2.47. The van der Waals surface area contributed by atoms with Crippen LogP contribution >= 0.6 is 11.6 Å². The lowest BCUT2D eigenvalue weighted by Gasteiger charge is -2.36. The van der Waals surface area contributed by atoms with Crippen LogP contribution in [0.2, 0.25) is 5.02 Å². The summed E-state index contributed by atoms with van der Waals surface area (Å²) in [5, 5.41) is 8.35. The van der Waals surface area contributed by atoms with Gasteiger partial charge >= 0.3 is 0 Å². The van der Waals surface area contributed by atoms with Gasteiger partial charge in [-0.25, -0.2) is 8.42 Å². The number of nitrogens with zero attached hydrogens (tertiary/aromatic N) is 1. The third kappa shape index (κ3) is 4.36. The van der Waals surface area contributed by atoms with E-state index in [1.165, 1.54) is 24.3 Å². The van der Waals surface area contributed by atoms with Gasteiger partial charge in [0.05, 0.1) is 29.3 Å². The van der Waals surface area contributed by atoms with Crippen LogP contribution in [-0.4, -0.2) is 43.8 Å². The number of nitrogens with one attached hydrogen (secondary N) is 2. The minimum atomic E-state index is -3.53. The number of carbonyl (C=O) groups is 1. The van der Waals surface area contributed by atoms with Crippen LogP contribution in [0.4, 0.5) is 5.69 Å². The molecule has 2 N–H and O–H groups in total. The molecule has 1 atom stereocenters. The molecule has 1 aliphatic rings. The van der Waals surface area contributed by atoms with Crippen molar-refractivity contribution in [2.45, 2.75) is 25.3 Å². The molecule has 1 amide bonds. The maximum atomic E-state index is 13.0. The van der Waals surface area contributed by atoms with Crippen LogP contribution in [0.5, 0.6) is 0 Å². The van der Waals surface area contributed by atoms with Crippen LogP contribution in [0.1, 0.15) is 29.6 Å². The molecule has 8 heteroatoms. The molecule has 0 bridgehead atoms. The number of amides is 1. The quantitative estimate of drug-likeness (QED) is 0.782. The number of hydrogen-bond acceptors (Lipinski definition) is 4. The first kappa shape index (κ1) is 18.5. The molecule has 0 radical (unpaired) electrons. The Kier molecular flexibility index (Phi) is 5.66. The van der Waals surface area contributed by atoms with Gasteiger partial charge in [0.2, 0.25) is 10.0 Å². The summed E-state index contributed by atoms with van der Waals surface area (Å²) in [5.74, 6) is -0.347. The smallest absolute Gasteiger partial charge is 0.256 e. The molecule has 1 aliphatic heterocycles. The van der Waals surface area contributed by atoms with Crippen molar-refractivity contribution in [3.63, 3.8) is 0 Å². The molecule has 1 saturated heterocycles. The normalized spacial score (nSPS) is 18.1. The standard InChI is InChI=1S/C16H20ClN3O3S/c1-3-13(18)15-6-4-5-9-20(15)16(21)12-10-11(17)7-8-14(12)19-24(2,22)23/h3,7-8,10,15,18-19H,1,4-6,9H2,2H3. The topological polar surface area (TPSA) is 90.3 Å². The zero-order chi connectivity index (χ0) is 17.9. The van der Waals surface area contributed by atoms with E-state index in [1.807, 2.05) is 0 Å². The van der Waals surface area contributed by atoms with Crippen molar-refractivity contribution in [1.29, 1.82) is 5.41 Å². The monoisotopic (exact) mass is 369 g/mol. The van der Waals surface area contributed by atoms with Gasteiger partial charge in [-0.1, -0.05) is 18.2 Å². The predicted octanol–water partition coefficient (Wildman–Crippen LogP) is 2.91. The van der Waals surface area contributed by atoms with Crippen molar-refractivity contribution >= 4 is 38.9 Å². The second kappa shape index (κ2) is 7.36. The Morgan fingerprint density at radius 1 is 1.46 bits per heavy atom. The summed E-state index contributed by atoms with van der Waals surface area (Å²) in [7, 11) is -3.53. The Hall–Kier alpha value is -1.86. The molecule has 0 spiro atoms. The van der Waals surface area contributed by atoms with Crippen LogP contribution < -0.4 is 4.72 Å². The van der Waals surface area contributed by atoms with E-state index in [2.05, 4.69) is 11.3 Å². The van der Waals surface area contributed by atoms with E-state index >= 15 is 0 Å². The van der Waals surface area contributed by atoms with Gasteiger partial charge in [-0.2, -0.15) is 0 Å². The maximum absolute atomic E-state index is 13.0. The van der Waals surface area contributed by atoms with Crippen molar-refractivity contribution in [2.24, 2.45) is 0 Å². The summed E-state index contributed by atoms with van der Waals surface area (Å²) < 4.78 is 25.4. The van der Waals surface area contributed by atoms with Crippen LogP contribution in [0, 0.1) is 5.41 Å². The van der Waals surface area contributed by atoms with Crippen molar-refractivity contribution in [3.05, 3.63) is 41.4 Å². The molecule has 24 heavy (non-hydrogen) atoms. The number of rotatable bonds is 5. The average Bonchev–Trinajstić information content (AvgIpc) is 2.54. The largest absolute Gasteiger partial charge is 0.330 e. The third-order valence-electron chi connectivity index (χ3n) is 3.85. The number of likely N-dealkylation sites (tertiary alicyclic amines) is 1. The van der Waals surface area contributed by atoms with Gasteiger partial charge in [-0.15, -0.1) is 0 Å². The van der Waals surface area contributed by atoms with Crippen LogP contribution in [0.25, 0.3) is 0 Å². The van der Waals surface area contributed by atoms with E-state index in [1.54, 1.807) is 4.90 Å². The highest BCUT2D eigenvalue weighted by Crippen LogP contribution is 2.27. The van der Waals surface area contributed by atoms with Gasteiger partial charge < -0.3 is 10.3 Å². The lowest BCUT2D eigenvalue weighted by molar-refractivity contribution is 0.0681. The van der Waals surface area contributed by atoms with Gasteiger partial charge in [0.25, 0.3) is 5.91 Å². The summed E-state index contributed by atoms with van der Waals surface area (Å²) in [6.45, 7) is 4.11. The van der Waals surface area contributed by atoms with Crippen molar-refractivity contribution in [1.82, 2.24) is 4.90 Å². The summed E-state index contributed by atoms with van der Waals surface area (Å²) >= 11 is 5.99. The van der Waals surface area contributed by atoms with Crippen molar-refractivity contribution in [3.8, 4) is 0 Å². The molecule has 1 unspecified atom stereocenters. The summed E-state index contributed by atoms with van der Waals surface area (Å²) in [5.41, 5.74) is 0.640. The van der Waals surface area contributed by atoms with Gasteiger partial charge in [-0.3, -0.25) is 9.52 Å². The Labute approximate surface area is 147 Å². The zero-order valence-electron chi connectivity index (χ0n) is 13.4. The number of benzene rings is 1. The van der Waals surface area contributed by atoms with E-state index in [9.17, 15) is 13.2 Å². The first-order valence-electron chi connectivity index (χ1n) is 7.52. The zero-order valence-corrected chi connectivity index (χ0v) is 15.0. The second-order valence-electron chi connectivity index (χ2n) is 5.73. The second-order valence-corrected chi connectivity index (χ2v) is 7.92. The van der Waals surface area contributed by atoms with E-state index in [-0.39, 0.29) is 28.9 Å². The van der Waals surface area contributed by atoms with E-state index in [4.69, 9.17) is 17.0 Å². The van der Waals surface area contributed by atoms with E-state index in [0.717, 1.165) is 19.1 Å². The number of carbonyl (C=O) groups excluding carboxylic acids is 1. The minimum Gasteiger partial charge on any atom is -0.330 e. The molecule has 1 aromatic rings. The van der Waals surface area contributed by atoms with Gasteiger partial charge in [0.15, 0.2) is 0 Å². The molecule has 1 fully saturated rings. The highest BCUT2D eigenvalue weighted by atomic mass is 35.5. The maximum Gasteiger partial charge on any atom is 0.256 e. The molecule has 2 rings (SSSR count). The summed E-state index contributed by atoms with van der Waals surface area (Å²) in [6.07, 6.45) is 4.90. The fourth-order valence-electron chi connectivity index (χ4n) is 2.77. The number of sulfonamides is 1. The fraction of sp³-hybridized carbons (Fsp3) is 0.375. The van der Waals surface area contributed by atoms with Crippen molar-refractivity contribution in [2.75, 3.05) is 17.5 Å². The predicted molar refractivity (Wildman–Crippen MR) is 96.5 cm³/mol. The minimum absolute atomic E-state index is 0.177. The number of piperidine rings is 1. The lowest BCUT2D eigenvalue weighted by atomic mass is 9.96. The molecule has 0 aromatic heterocycles. The number of anilines is 1. The Balaban J connectivity index is 2.42. The number of halogens is 1. The Morgan fingerprint density at radius 3 is 2.79 bits per heavy atom. The van der Waals surface area contributed by atoms with Gasteiger partial charge in [-0.05, 0) is 43.5 Å². The molecule has 0 aliphatic carbocycles. The highest BCUT2D eigenvalue weighted by Gasteiger charge is 2.31. The molecule has 130 valence electrons. The van der Waals surface area contributed by atoms with Crippen LogP contribution in [-0.2, 0) is 10.0 Å². The van der Waals surface area contributed by atoms with E-state index in [0.29, 0.717) is 18.0 Å². The van der Waals surface area contributed by atoms with Crippen LogP contribution in [0.15, 0.2) is 30.9 Å². The Bertz CT molecular complexity index is 777. The molecular formula is C16H20ClN3O3S. The molecule has 1 heterocycles. The summed E-state index contributed by atoms with van der Waals surface area (Å²) in [6, 6.07) is 4.08. The molecular weight excluding hydrogens is 350 g/mol. The number of hydrogen-bond donors (Lipinski definition) is 2. The summed E-state index contributed by atoms with van der Waals surface area (Å²) in [4.78, 5) is 14.6. The van der Waals surface area contributed by atoms with Gasteiger partial charge in [0, 0.05) is 11.6 Å².